The normalized spacial score (nSPS) is 20.8. The van der Waals surface area contributed by atoms with Gasteiger partial charge in [0.05, 0.1) is 5.69 Å². The second-order valence-corrected chi connectivity index (χ2v) is 7.66. The Hall–Kier alpha value is -1.78. The second kappa shape index (κ2) is 5.11. The van der Waals surface area contributed by atoms with Crippen LogP contribution >= 0.6 is 23.2 Å². The van der Waals surface area contributed by atoms with E-state index in [1.165, 1.54) is 0 Å². The van der Waals surface area contributed by atoms with Crippen LogP contribution in [0.4, 0.5) is 0 Å². The first kappa shape index (κ1) is 15.7. The van der Waals surface area contributed by atoms with E-state index in [9.17, 15) is 14.7 Å². The van der Waals surface area contributed by atoms with Crippen LogP contribution in [-0.4, -0.2) is 20.3 Å². The van der Waals surface area contributed by atoms with E-state index in [1.807, 2.05) is 24.3 Å². The van der Waals surface area contributed by atoms with Gasteiger partial charge >= 0.3 is 0 Å². The number of carbonyl (C=O) groups is 1. The Morgan fingerprint density at radius 2 is 2.04 bits per heavy atom. The molecular formula is C18H15Cl2NO3. The zero-order chi connectivity index (χ0) is 17.2. The number of Topliss-reactive ketones (excluding diaryl/α,β-unsaturated/α-hetero) is 1. The Labute approximate surface area is 148 Å². The van der Waals surface area contributed by atoms with E-state index in [1.54, 1.807) is 4.57 Å². The lowest BCUT2D eigenvalue weighted by atomic mass is 9.71. The maximum Gasteiger partial charge on any atom is 0.270 e. The van der Waals surface area contributed by atoms with Gasteiger partial charge in [-0.15, -0.1) is 0 Å². The molecule has 1 aromatic heterocycles. The van der Waals surface area contributed by atoms with Gasteiger partial charge in [-0.05, 0) is 37.8 Å². The number of hydrogen-bond acceptors (Lipinski definition) is 3. The number of halogens is 2. The molecule has 24 heavy (non-hydrogen) atoms. The number of rotatable bonds is 2. The molecule has 0 saturated carbocycles. The van der Waals surface area contributed by atoms with Crippen molar-refractivity contribution in [3.8, 4) is 11.4 Å². The number of hydrogen-bond donors (Lipinski definition) is 1. The number of para-hydroxylation sites is 1. The first-order valence-electron chi connectivity index (χ1n) is 7.81. The molecule has 1 N–H and O–H groups in total. The van der Waals surface area contributed by atoms with Gasteiger partial charge in [0.1, 0.15) is 11.3 Å². The molecule has 124 valence electrons. The molecule has 0 spiro atoms. The highest BCUT2D eigenvalue weighted by Crippen LogP contribution is 2.51. The molecular weight excluding hydrogens is 349 g/mol. The van der Waals surface area contributed by atoms with Crippen molar-refractivity contribution in [1.82, 2.24) is 4.57 Å². The molecule has 4 rings (SSSR count). The Balaban J connectivity index is 2.17. The highest BCUT2D eigenvalue weighted by molar-refractivity contribution is 6.55. The lowest BCUT2D eigenvalue weighted by Gasteiger charge is -2.33. The van der Waals surface area contributed by atoms with Crippen molar-refractivity contribution < 1.29 is 9.90 Å². The van der Waals surface area contributed by atoms with Crippen LogP contribution in [0.15, 0.2) is 29.1 Å². The monoisotopic (exact) mass is 363 g/mol. The van der Waals surface area contributed by atoms with Gasteiger partial charge in [-0.25, -0.2) is 0 Å². The highest BCUT2D eigenvalue weighted by Gasteiger charge is 2.46. The third-order valence-corrected chi connectivity index (χ3v) is 5.66. The topological polar surface area (TPSA) is 59.3 Å². The molecule has 1 aromatic carbocycles. The van der Waals surface area contributed by atoms with E-state index in [4.69, 9.17) is 23.2 Å². The Kier molecular flexibility index (Phi) is 3.35. The molecule has 1 atom stereocenters. The lowest BCUT2D eigenvalue weighted by Crippen LogP contribution is -2.34. The van der Waals surface area contributed by atoms with Crippen LogP contribution in [0, 0.1) is 0 Å². The van der Waals surface area contributed by atoms with Gasteiger partial charge in [0.2, 0.25) is 5.78 Å². The Bertz CT molecular complexity index is 948. The maximum absolute atomic E-state index is 13.0. The largest absolute Gasteiger partial charge is 0.507 e. The summed E-state index contributed by atoms with van der Waals surface area (Å²) in [5, 5.41) is 10.6. The van der Waals surface area contributed by atoms with E-state index in [0.29, 0.717) is 12.0 Å². The Morgan fingerprint density at radius 3 is 2.75 bits per heavy atom. The summed E-state index contributed by atoms with van der Waals surface area (Å²) in [4.78, 5) is 24.0. The van der Waals surface area contributed by atoms with Crippen LogP contribution in [0.2, 0.25) is 0 Å². The predicted octanol–water partition coefficient (Wildman–Crippen LogP) is 3.49. The summed E-state index contributed by atoms with van der Waals surface area (Å²) >= 11 is 11.4. The number of ketones is 1. The van der Waals surface area contributed by atoms with Gasteiger partial charge in [-0.3, -0.25) is 14.2 Å². The smallest absolute Gasteiger partial charge is 0.270 e. The van der Waals surface area contributed by atoms with E-state index >= 15 is 0 Å². The van der Waals surface area contributed by atoms with Crippen molar-refractivity contribution in [2.45, 2.75) is 36.4 Å². The van der Waals surface area contributed by atoms with Gasteiger partial charge in [0, 0.05) is 16.7 Å². The molecule has 6 heteroatoms. The molecule has 0 amide bonds. The molecule has 1 aliphatic carbocycles. The van der Waals surface area contributed by atoms with Gasteiger partial charge in [-0.2, -0.15) is 0 Å². The standard InChI is InChI=1S/C18H15Cl2NO3/c1-18-8-4-5-9-13(22)12(14(23)16(19)20)17(24)21(15(9)18)11-7-3-2-6-10(11)18/h2-3,6-7,16,22H,4-5,8H2,1H3. The Morgan fingerprint density at radius 1 is 1.33 bits per heavy atom. The summed E-state index contributed by atoms with van der Waals surface area (Å²) in [5.41, 5.74) is 2.03. The minimum atomic E-state index is -1.39. The molecule has 2 heterocycles. The number of aromatic hydroxyl groups is 1. The van der Waals surface area contributed by atoms with Crippen LogP contribution in [0.5, 0.6) is 5.75 Å². The predicted molar refractivity (Wildman–Crippen MR) is 92.9 cm³/mol. The molecule has 2 aliphatic rings. The molecule has 0 bridgehead atoms. The fraction of sp³-hybridized carbons (Fsp3) is 0.333. The van der Waals surface area contributed by atoms with Gasteiger partial charge in [0.25, 0.3) is 5.56 Å². The first-order valence-corrected chi connectivity index (χ1v) is 8.69. The van der Waals surface area contributed by atoms with Crippen molar-refractivity contribution in [3.63, 3.8) is 0 Å². The molecule has 1 aliphatic heterocycles. The van der Waals surface area contributed by atoms with Crippen molar-refractivity contribution in [2.24, 2.45) is 0 Å². The third-order valence-electron chi connectivity index (χ3n) is 5.26. The number of fused-ring (bicyclic) bond motifs is 3. The summed E-state index contributed by atoms with van der Waals surface area (Å²) in [6.45, 7) is 2.08. The fourth-order valence-corrected chi connectivity index (χ4v) is 4.44. The number of carbonyl (C=O) groups excluding carboxylic acids is 1. The summed E-state index contributed by atoms with van der Waals surface area (Å²) in [6, 6.07) is 7.67. The number of aromatic nitrogens is 1. The lowest BCUT2D eigenvalue weighted by molar-refractivity contribution is 0.100. The number of pyridine rings is 1. The minimum Gasteiger partial charge on any atom is -0.507 e. The van der Waals surface area contributed by atoms with Crippen LogP contribution in [0.1, 0.15) is 46.9 Å². The van der Waals surface area contributed by atoms with E-state index in [-0.39, 0.29) is 16.7 Å². The zero-order valence-electron chi connectivity index (χ0n) is 13.0. The summed E-state index contributed by atoms with van der Waals surface area (Å²) in [7, 11) is 0. The van der Waals surface area contributed by atoms with Crippen molar-refractivity contribution in [1.29, 1.82) is 0 Å². The van der Waals surface area contributed by atoms with Crippen LogP contribution in [0.25, 0.3) is 5.69 Å². The van der Waals surface area contributed by atoms with Gasteiger partial charge in [-0.1, -0.05) is 41.4 Å². The van der Waals surface area contributed by atoms with E-state index in [2.05, 4.69) is 6.92 Å². The third kappa shape index (κ3) is 1.81. The van der Waals surface area contributed by atoms with Gasteiger partial charge in [0.15, 0.2) is 4.84 Å². The number of alkyl halides is 2. The zero-order valence-corrected chi connectivity index (χ0v) is 14.5. The molecule has 1 unspecified atom stereocenters. The number of benzene rings is 1. The maximum atomic E-state index is 13.0. The average Bonchev–Trinajstić information content (AvgIpc) is 2.83. The van der Waals surface area contributed by atoms with Crippen LogP contribution in [0.3, 0.4) is 0 Å². The highest BCUT2D eigenvalue weighted by atomic mass is 35.5. The van der Waals surface area contributed by atoms with E-state index < -0.39 is 16.2 Å². The molecule has 0 saturated heterocycles. The summed E-state index contributed by atoms with van der Waals surface area (Å²) < 4.78 is 1.56. The van der Waals surface area contributed by atoms with Crippen LogP contribution in [-0.2, 0) is 11.8 Å². The molecule has 0 fully saturated rings. The fourth-order valence-electron chi connectivity index (χ4n) is 4.22. The van der Waals surface area contributed by atoms with Gasteiger partial charge < -0.3 is 5.11 Å². The molecule has 4 nitrogen and oxygen atoms in total. The first-order chi connectivity index (χ1) is 11.4. The SMILES string of the molecule is CC12CCCc3c(O)c(C(=O)C(Cl)Cl)c(=O)n(c31)-c1ccccc12. The number of nitrogens with zero attached hydrogens (tertiary/aromatic N) is 1. The van der Waals surface area contributed by atoms with Crippen molar-refractivity contribution >= 4 is 29.0 Å². The van der Waals surface area contributed by atoms with Crippen molar-refractivity contribution in [3.05, 3.63) is 57.0 Å². The minimum absolute atomic E-state index is 0.263. The second-order valence-electron chi connectivity index (χ2n) is 6.56. The molecule has 2 aromatic rings. The van der Waals surface area contributed by atoms with E-state index in [0.717, 1.165) is 29.8 Å². The molecule has 0 radical (unpaired) electrons. The summed E-state index contributed by atoms with van der Waals surface area (Å²) in [6.07, 6.45) is 2.36. The van der Waals surface area contributed by atoms with Crippen molar-refractivity contribution in [2.75, 3.05) is 0 Å². The van der Waals surface area contributed by atoms with Crippen LogP contribution < -0.4 is 5.56 Å². The quantitative estimate of drug-likeness (QED) is 0.656. The average molecular weight is 364 g/mol. The summed E-state index contributed by atoms with van der Waals surface area (Å²) in [5.74, 6) is -1.02.